The number of ether oxygens (including phenoxy) is 1. The van der Waals surface area contributed by atoms with E-state index in [-0.39, 0.29) is 12.0 Å². The fourth-order valence-corrected chi connectivity index (χ4v) is 2.60. The van der Waals surface area contributed by atoms with Crippen LogP contribution >= 0.6 is 0 Å². The largest absolute Gasteiger partial charge is 0.465 e. The van der Waals surface area contributed by atoms with Crippen molar-refractivity contribution in [3.8, 4) is 0 Å². The number of esters is 1. The van der Waals surface area contributed by atoms with Gasteiger partial charge in [-0.1, -0.05) is 6.07 Å². The van der Waals surface area contributed by atoms with Crippen LogP contribution < -0.4 is 10.6 Å². The molecule has 1 saturated heterocycles. The molecule has 1 atom stereocenters. The van der Waals surface area contributed by atoms with Crippen LogP contribution in [-0.2, 0) is 16.0 Å². The highest BCUT2D eigenvalue weighted by Crippen LogP contribution is 2.11. The van der Waals surface area contributed by atoms with Gasteiger partial charge in [-0.25, -0.2) is 0 Å². The number of aromatic nitrogens is 1. The zero-order valence-electron chi connectivity index (χ0n) is 12.7. The van der Waals surface area contributed by atoms with Gasteiger partial charge in [-0.3, -0.25) is 9.78 Å². The Labute approximate surface area is 126 Å². The summed E-state index contributed by atoms with van der Waals surface area (Å²) in [6.07, 6.45) is 4.65. The summed E-state index contributed by atoms with van der Waals surface area (Å²) in [5.74, 6) is 0.448. The second kappa shape index (κ2) is 8.74. The fourth-order valence-electron chi connectivity index (χ4n) is 2.60. The van der Waals surface area contributed by atoms with Crippen LogP contribution in [0.25, 0.3) is 0 Å². The smallest absolute Gasteiger partial charge is 0.323 e. The predicted molar refractivity (Wildman–Crippen MR) is 82.0 cm³/mol. The summed E-state index contributed by atoms with van der Waals surface area (Å²) in [7, 11) is 0. The summed E-state index contributed by atoms with van der Waals surface area (Å²) < 4.78 is 5.17. The predicted octanol–water partition coefficient (Wildman–Crippen LogP) is 1.14. The maximum Gasteiger partial charge on any atom is 0.323 e. The van der Waals surface area contributed by atoms with E-state index in [1.807, 2.05) is 25.1 Å². The van der Waals surface area contributed by atoms with Crippen molar-refractivity contribution >= 4 is 5.97 Å². The van der Waals surface area contributed by atoms with E-state index in [1.165, 1.54) is 0 Å². The van der Waals surface area contributed by atoms with Crippen molar-refractivity contribution in [1.82, 2.24) is 15.6 Å². The van der Waals surface area contributed by atoms with Crippen LogP contribution in [0.1, 0.15) is 25.5 Å². The van der Waals surface area contributed by atoms with Gasteiger partial charge in [0, 0.05) is 18.3 Å². The van der Waals surface area contributed by atoms with E-state index in [4.69, 9.17) is 4.74 Å². The van der Waals surface area contributed by atoms with E-state index in [9.17, 15) is 4.79 Å². The highest BCUT2D eigenvalue weighted by atomic mass is 16.5. The van der Waals surface area contributed by atoms with Gasteiger partial charge in [0.15, 0.2) is 0 Å². The molecule has 5 heteroatoms. The molecular formula is C16H25N3O2. The zero-order valence-corrected chi connectivity index (χ0v) is 12.7. The number of hydrogen-bond acceptors (Lipinski definition) is 5. The van der Waals surface area contributed by atoms with E-state index < -0.39 is 0 Å². The highest BCUT2D eigenvalue weighted by molar-refractivity contribution is 5.76. The van der Waals surface area contributed by atoms with Gasteiger partial charge in [-0.15, -0.1) is 0 Å². The van der Waals surface area contributed by atoms with Crippen molar-refractivity contribution in [2.24, 2.45) is 5.92 Å². The molecule has 0 aliphatic carbocycles. The van der Waals surface area contributed by atoms with Gasteiger partial charge in [0.1, 0.15) is 6.04 Å². The van der Waals surface area contributed by atoms with Crippen molar-refractivity contribution in [3.05, 3.63) is 30.1 Å². The Kier molecular flexibility index (Phi) is 6.63. The van der Waals surface area contributed by atoms with Gasteiger partial charge in [-0.2, -0.15) is 0 Å². The van der Waals surface area contributed by atoms with Crippen LogP contribution in [0.5, 0.6) is 0 Å². The van der Waals surface area contributed by atoms with E-state index in [0.29, 0.717) is 18.9 Å². The molecule has 0 amide bonds. The summed E-state index contributed by atoms with van der Waals surface area (Å²) in [6, 6.07) is 5.45. The van der Waals surface area contributed by atoms with Crippen LogP contribution in [-0.4, -0.2) is 43.2 Å². The highest BCUT2D eigenvalue weighted by Gasteiger charge is 2.22. The Balaban J connectivity index is 1.89. The molecule has 1 aliphatic heterocycles. The molecule has 116 valence electrons. The third-order valence-electron chi connectivity index (χ3n) is 3.82. The van der Waals surface area contributed by atoms with Crippen LogP contribution in [0.2, 0.25) is 0 Å². The van der Waals surface area contributed by atoms with Crippen LogP contribution in [0.4, 0.5) is 0 Å². The van der Waals surface area contributed by atoms with Crippen LogP contribution in [0, 0.1) is 5.92 Å². The number of pyridine rings is 1. The molecule has 1 unspecified atom stereocenters. The third-order valence-corrected chi connectivity index (χ3v) is 3.82. The average Bonchev–Trinajstić information content (AvgIpc) is 2.53. The van der Waals surface area contributed by atoms with Crippen molar-refractivity contribution in [2.45, 2.75) is 32.2 Å². The Hall–Kier alpha value is -1.46. The average molecular weight is 291 g/mol. The minimum Gasteiger partial charge on any atom is -0.465 e. The SMILES string of the molecule is CCOC(=O)C(Cc1ccccn1)NCC1CCNCC1. The Bertz CT molecular complexity index is 419. The first-order valence-corrected chi connectivity index (χ1v) is 7.80. The lowest BCUT2D eigenvalue weighted by Gasteiger charge is -2.25. The summed E-state index contributed by atoms with van der Waals surface area (Å²) in [5, 5.41) is 6.74. The molecular weight excluding hydrogens is 266 g/mol. The first-order valence-electron chi connectivity index (χ1n) is 7.80. The molecule has 0 aromatic carbocycles. The fraction of sp³-hybridized carbons (Fsp3) is 0.625. The molecule has 0 radical (unpaired) electrons. The Morgan fingerprint density at radius 1 is 1.48 bits per heavy atom. The number of nitrogens with one attached hydrogen (secondary N) is 2. The van der Waals surface area contributed by atoms with Gasteiger partial charge >= 0.3 is 5.97 Å². The summed E-state index contributed by atoms with van der Waals surface area (Å²) in [6.45, 7) is 5.24. The zero-order chi connectivity index (χ0) is 14.9. The molecule has 1 aromatic rings. The topological polar surface area (TPSA) is 63.2 Å². The Morgan fingerprint density at radius 3 is 2.95 bits per heavy atom. The van der Waals surface area contributed by atoms with Gasteiger partial charge in [0.05, 0.1) is 6.61 Å². The molecule has 0 spiro atoms. The molecule has 5 nitrogen and oxygen atoms in total. The molecule has 0 saturated carbocycles. The van der Waals surface area contributed by atoms with E-state index in [2.05, 4.69) is 15.6 Å². The number of carbonyl (C=O) groups excluding carboxylic acids is 1. The second-order valence-electron chi connectivity index (χ2n) is 5.43. The lowest BCUT2D eigenvalue weighted by Crippen LogP contribution is -2.44. The van der Waals surface area contributed by atoms with E-state index in [1.54, 1.807) is 6.20 Å². The van der Waals surface area contributed by atoms with Gasteiger partial charge in [-0.05, 0) is 57.5 Å². The lowest BCUT2D eigenvalue weighted by atomic mass is 9.97. The van der Waals surface area contributed by atoms with E-state index >= 15 is 0 Å². The number of rotatable bonds is 7. The molecule has 1 aliphatic rings. The maximum atomic E-state index is 12.1. The van der Waals surface area contributed by atoms with Crippen molar-refractivity contribution in [1.29, 1.82) is 0 Å². The minimum absolute atomic E-state index is 0.183. The van der Waals surface area contributed by atoms with Gasteiger partial charge < -0.3 is 15.4 Å². The molecule has 0 bridgehead atoms. The van der Waals surface area contributed by atoms with Gasteiger partial charge in [0.25, 0.3) is 0 Å². The van der Waals surface area contributed by atoms with E-state index in [0.717, 1.165) is 38.2 Å². The summed E-state index contributed by atoms with van der Waals surface area (Å²) in [4.78, 5) is 16.4. The lowest BCUT2D eigenvalue weighted by molar-refractivity contribution is -0.145. The molecule has 1 fully saturated rings. The van der Waals surface area contributed by atoms with Gasteiger partial charge in [0.2, 0.25) is 0 Å². The first-order chi connectivity index (χ1) is 10.3. The molecule has 2 heterocycles. The van der Waals surface area contributed by atoms with Crippen LogP contribution in [0.15, 0.2) is 24.4 Å². The third kappa shape index (κ3) is 5.44. The molecule has 1 aromatic heterocycles. The van der Waals surface area contributed by atoms with Crippen molar-refractivity contribution in [2.75, 3.05) is 26.2 Å². The maximum absolute atomic E-state index is 12.1. The minimum atomic E-state index is -0.310. The summed E-state index contributed by atoms with van der Waals surface area (Å²) in [5.41, 5.74) is 0.911. The van der Waals surface area contributed by atoms with Crippen molar-refractivity contribution < 1.29 is 9.53 Å². The molecule has 2 N–H and O–H groups in total. The standard InChI is InChI=1S/C16H25N3O2/c1-2-21-16(20)15(11-14-5-3-4-8-18-14)19-12-13-6-9-17-10-7-13/h3-5,8,13,15,17,19H,2,6-7,9-12H2,1H3. The number of piperidine rings is 1. The number of nitrogens with zero attached hydrogens (tertiary/aromatic N) is 1. The van der Waals surface area contributed by atoms with Crippen molar-refractivity contribution in [3.63, 3.8) is 0 Å². The monoisotopic (exact) mass is 291 g/mol. The molecule has 2 rings (SSSR count). The Morgan fingerprint density at radius 2 is 2.29 bits per heavy atom. The van der Waals surface area contributed by atoms with Crippen LogP contribution in [0.3, 0.4) is 0 Å². The quantitative estimate of drug-likeness (QED) is 0.738. The number of carbonyl (C=O) groups is 1. The molecule has 21 heavy (non-hydrogen) atoms. The number of hydrogen-bond donors (Lipinski definition) is 2. The first kappa shape index (κ1) is 15.9. The second-order valence-corrected chi connectivity index (χ2v) is 5.43. The summed E-state index contributed by atoms with van der Waals surface area (Å²) >= 11 is 0. The normalized spacial score (nSPS) is 17.4.